The van der Waals surface area contributed by atoms with Gasteiger partial charge in [-0.15, -0.1) is 0 Å². The van der Waals surface area contributed by atoms with Crippen LogP contribution in [0.2, 0.25) is 0 Å². The summed E-state index contributed by atoms with van der Waals surface area (Å²) in [5, 5.41) is 3.55. The van der Waals surface area contributed by atoms with E-state index < -0.39 is 0 Å². The Balaban J connectivity index is 1.73. The molecule has 0 atom stereocenters. The minimum Gasteiger partial charge on any atom is -0.381 e. The van der Waals surface area contributed by atoms with Gasteiger partial charge in [0.1, 0.15) is 0 Å². The van der Waals surface area contributed by atoms with Crippen LogP contribution in [0.3, 0.4) is 0 Å². The summed E-state index contributed by atoms with van der Waals surface area (Å²) in [6.45, 7) is 0.907. The molecule has 0 amide bonds. The van der Waals surface area contributed by atoms with E-state index in [-0.39, 0.29) is 0 Å². The van der Waals surface area contributed by atoms with E-state index in [1.165, 1.54) is 29.7 Å². The first-order chi connectivity index (χ1) is 8.43. The third-order valence-electron chi connectivity index (χ3n) is 3.30. The average molecular weight is 223 g/mol. The van der Waals surface area contributed by atoms with Gasteiger partial charge in [-0.25, -0.2) is 0 Å². The Hall–Kier alpha value is -1.76. The van der Waals surface area contributed by atoms with Crippen molar-refractivity contribution in [2.24, 2.45) is 0 Å². The molecule has 0 aromatic heterocycles. The summed E-state index contributed by atoms with van der Waals surface area (Å²) >= 11 is 0. The zero-order chi connectivity index (χ0) is 11.5. The molecule has 0 saturated heterocycles. The van der Waals surface area contributed by atoms with Gasteiger partial charge in [-0.3, -0.25) is 0 Å². The third-order valence-corrected chi connectivity index (χ3v) is 3.30. The van der Waals surface area contributed by atoms with Gasteiger partial charge in [0.05, 0.1) is 0 Å². The number of nitrogens with one attached hydrogen (secondary N) is 1. The first kappa shape index (κ1) is 10.4. The lowest BCUT2D eigenvalue weighted by atomic mass is 10.1. The summed E-state index contributed by atoms with van der Waals surface area (Å²) in [4.78, 5) is 0. The van der Waals surface area contributed by atoms with Gasteiger partial charge in [0.25, 0.3) is 0 Å². The van der Waals surface area contributed by atoms with E-state index in [9.17, 15) is 0 Å². The molecule has 86 valence electrons. The summed E-state index contributed by atoms with van der Waals surface area (Å²) in [5.41, 5.74) is 4.13. The van der Waals surface area contributed by atoms with Gasteiger partial charge in [0.15, 0.2) is 0 Å². The quantitative estimate of drug-likeness (QED) is 0.820. The van der Waals surface area contributed by atoms with Crippen molar-refractivity contribution in [2.75, 3.05) is 5.32 Å². The van der Waals surface area contributed by atoms with Crippen LogP contribution in [-0.2, 0) is 6.54 Å². The number of hydrogen-bond donors (Lipinski definition) is 1. The zero-order valence-electron chi connectivity index (χ0n) is 9.89. The average Bonchev–Trinajstić information content (AvgIpc) is 3.22. The second-order valence-corrected chi connectivity index (χ2v) is 4.70. The minimum atomic E-state index is 0.800. The van der Waals surface area contributed by atoms with Gasteiger partial charge < -0.3 is 5.32 Å². The number of anilines is 1. The zero-order valence-corrected chi connectivity index (χ0v) is 9.89. The number of rotatable bonds is 4. The highest BCUT2D eigenvalue weighted by Gasteiger charge is 2.25. The predicted octanol–water partition coefficient (Wildman–Crippen LogP) is 4.18. The summed E-state index contributed by atoms with van der Waals surface area (Å²) in [6.07, 6.45) is 2.70. The number of hydrogen-bond acceptors (Lipinski definition) is 1. The maximum atomic E-state index is 3.55. The van der Waals surface area contributed by atoms with Gasteiger partial charge in [-0.05, 0) is 36.0 Å². The molecular weight excluding hydrogens is 206 g/mol. The predicted molar refractivity (Wildman–Crippen MR) is 72.2 cm³/mol. The fourth-order valence-corrected chi connectivity index (χ4v) is 2.20. The SMILES string of the molecule is c1ccc(CNc2ccccc2C2CC2)cc1. The smallest absolute Gasteiger partial charge is 0.0400 e. The van der Waals surface area contributed by atoms with E-state index in [0.29, 0.717) is 0 Å². The van der Waals surface area contributed by atoms with Crippen LogP contribution in [0.25, 0.3) is 0 Å². The highest BCUT2D eigenvalue weighted by Crippen LogP contribution is 2.43. The molecular formula is C16H17N. The Morgan fingerprint density at radius 3 is 2.35 bits per heavy atom. The van der Waals surface area contributed by atoms with Gasteiger partial charge in [-0.2, -0.15) is 0 Å². The largest absolute Gasteiger partial charge is 0.381 e. The fraction of sp³-hybridized carbons (Fsp3) is 0.250. The summed E-state index contributed by atoms with van der Waals surface area (Å²) in [6, 6.07) is 19.2. The second-order valence-electron chi connectivity index (χ2n) is 4.70. The maximum absolute atomic E-state index is 3.55. The van der Waals surface area contributed by atoms with Crippen molar-refractivity contribution < 1.29 is 0 Å². The van der Waals surface area contributed by atoms with Crippen molar-refractivity contribution in [2.45, 2.75) is 25.3 Å². The molecule has 0 radical (unpaired) electrons. The first-order valence-corrected chi connectivity index (χ1v) is 6.30. The van der Waals surface area contributed by atoms with Crippen LogP contribution in [0, 0.1) is 0 Å². The molecule has 0 bridgehead atoms. The molecule has 1 N–H and O–H groups in total. The van der Waals surface area contributed by atoms with Gasteiger partial charge >= 0.3 is 0 Å². The highest BCUT2D eigenvalue weighted by molar-refractivity contribution is 5.54. The molecule has 0 spiro atoms. The Bertz CT molecular complexity index is 486. The van der Waals surface area contributed by atoms with Crippen LogP contribution in [0.4, 0.5) is 5.69 Å². The Morgan fingerprint density at radius 1 is 0.882 bits per heavy atom. The molecule has 1 saturated carbocycles. The first-order valence-electron chi connectivity index (χ1n) is 6.30. The molecule has 0 unspecified atom stereocenters. The van der Waals surface area contributed by atoms with Crippen LogP contribution in [0.5, 0.6) is 0 Å². The van der Waals surface area contributed by atoms with Gasteiger partial charge in [0.2, 0.25) is 0 Å². The monoisotopic (exact) mass is 223 g/mol. The lowest BCUT2D eigenvalue weighted by Gasteiger charge is -2.11. The van der Waals surface area contributed by atoms with E-state index in [0.717, 1.165) is 12.5 Å². The van der Waals surface area contributed by atoms with Crippen LogP contribution in [0.15, 0.2) is 54.6 Å². The van der Waals surface area contributed by atoms with Crippen LogP contribution < -0.4 is 5.32 Å². The van der Waals surface area contributed by atoms with Crippen molar-refractivity contribution in [1.29, 1.82) is 0 Å². The maximum Gasteiger partial charge on any atom is 0.0400 e. The number of benzene rings is 2. The standard InChI is InChI=1S/C16H17N/c1-2-6-13(7-3-1)12-17-16-9-5-4-8-15(16)14-10-11-14/h1-9,14,17H,10-12H2. The Morgan fingerprint density at radius 2 is 1.59 bits per heavy atom. The van der Waals surface area contributed by atoms with Crippen molar-refractivity contribution in [1.82, 2.24) is 0 Å². The number of para-hydroxylation sites is 1. The second kappa shape index (κ2) is 4.62. The lowest BCUT2D eigenvalue weighted by molar-refractivity contribution is 1.09. The topological polar surface area (TPSA) is 12.0 Å². The molecule has 1 aliphatic rings. The summed E-state index contributed by atoms with van der Waals surface area (Å²) in [7, 11) is 0. The van der Waals surface area contributed by atoms with Crippen LogP contribution in [-0.4, -0.2) is 0 Å². The third kappa shape index (κ3) is 2.50. The molecule has 17 heavy (non-hydrogen) atoms. The molecule has 2 aromatic carbocycles. The Kier molecular flexibility index (Phi) is 2.83. The Labute approximate surface area is 102 Å². The van der Waals surface area contributed by atoms with E-state index in [1.54, 1.807) is 0 Å². The molecule has 1 aliphatic carbocycles. The van der Waals surface area contributed by atoms with E-state index in [1.807, 2.05) is 0 Å². The minimum absolute atomic E-state index is 0.800. The van der Waals surface area contributed by atoms with Crippen molar-refractivity contribution in [3.05, 3.63) is 65.7 Å². The normalized spacial score (nSPS) is 14.6. The summed E-state index contributed by atoms with van der Waals surface area (Å²) in [5.74, 6) is 0.800. The van der Waals surface area contributed by atoms with Crippen molar-refractivity contribution >= 4 is 5.69 Å². The molecule has 3 rings (SSSR count). The molecule has 0 aliphatic heterocycles. The molecule has 0 heterocycles. The highest BCUT2D eigenvalue weighted by atomic mass is 14.9. The van der Waals surface area contributed by atoms with E-state index >= 15 is 0 Å². The lowest BCUT2D eigenvalue weighted by Crippen LogP contribution is -2.01. The van der Waals surface area contributed by atoms with Crippen LogP contribution in [0.1, 0.15) is 29.9 Å². The molecule has 1 fully saturated rings. The van der Waals surface area contributed by atoms with E-state index in [2.05, 4.69) is 59.9 Å². The molecule has 1 heteroatoms. The van der Waals surface area contributed by atoms with E-state index in [4.69, 9.17) is 0 Å². The fourth-order valence-electron chi connectivity index (χ4n) is 2.20. The van der Waals surface area contributed by atoms with Crippen LogP contribution >= 0.6 is 0 Å². The molecule has 2 aromatic rings. The van der Waals surface area contributed by atoms with Gasteiger partial charge in [-0.1, -0.05) is 48.5 Å². The van der Waals surface area contributed by atoms with Crippen molar-refractivity contribution in [3.8, 4) is 0 Å². The van der Waals surface area contributed by atoms with Crippen molar-refractivity contribution in [3.63, 3.8) is 0 Å². The van der Waals surface area contributed by atoms with Gasteiger partial charge in [0, 0.05) is 12.2 Å². The summed E-state index contributed by atoms with van der Waals surface area (Å²) < 4.78 is 0. The molecule has 1 nitrogen and oxygen atoms in total.